The van der Waals surface area contributed by atoms with Gasteiger partial charge >= 0.3 is 0 Å². The fourth-order valence-corrected chi connectivity index (χ4v) is 5.88. The summed E-state index contributed by atoms with van der Waals surface area (Å²) in [4.78, 5) is 56.5. The second kappa shape index (κ2) is 13.6. The first kappa shape index (κ1) is 31.9. The minimum Gasteiger partial charge on any atom is -0.496 e. The molecule has 2 unspecified atom stereocenters. The average molecular weight is 672 g/mol. The molecule has 2 N–H and O–H groups in total. The highest BCUT2D eigenvalue weighted by Gasteiger charge is 2.37. The molecule has 5 rings (SSSR count). The summed E-state index contributed by atoms with van der Waals surface area (Å²) in [7, 11) is 3.26. The van der Waals surface area contributed by atoms with Crippen LogP contribution in [0, 0.1) is 0 Å². The van der Waals surface area contributed by atoms with E-state index in [1.54, 1.807) is 55.1 Å². The zero-order valence-corrected chi connectivity index (χ0v) is 27.2. The fraction of sp³-hybridized carbons (Fsp3) is 0.257. The van der Waals surface area contributed by atoms with Crippen LogP contribution < -0.4 is 25.2 Å². The van der Waals surface area contributed by atoms with Crippen molar-refractivity contribution in [3.8, 4) is 5.75 Å². The number of methoxy groups -OCH3 is 1. The monoisotopic (exact) mass is 670 g/mol. The van der Waals surface area contributed by atoms with Crippen molar-refractivity contribution in [1.29, 1.82) is 0 Å². The van der Waals surface area contributed by atoms with Gasteiger partial charge in [-0.3, -0.25) is 19.2 Å². The molecule has 3 amide bonds. The molecule has 0 spiro atoms. The lowest BCUT2D eigenvalue weighted by atomic mass is 10.0. The number of Topliss-reactive ketones (excluding diaryl/α,β-unsaturated/α-hetero) is 1. The Bertz CT molecular complexity index is 1770. The molecule has 0 aliphatic carbocycles. The largest absolute Gasteiger partial charge is 0.496 e. The minimum atomic E-state index is -1.03. The molecule has 232 valence electrons. The molecule has 4 aromatic rings. The van der Waals surface area contributed by atoms with Crippen LogP contribution in [0.2, 0.25) is 0 Å². The molecule has 0 bridgehead atoms. The molecule has 2 atom stereocenters. The van der Waals surface area contributed by atoms with Crippen LogP contribution in [-0.2, 0) is 27.3 Å². The van der Waals surface area contributed by atoms with Crippen molar-refractivity contribution < 1.29 is 23.9 Å². The molecular weight excluding hydrogens is 636 g/mol. The molecule has 4 aromatic carbocycles. The Labute approximate surface area is 270 Å². The summed E-state index contributed by atoms with van der Waals surface area (Å²) in [6.07, 6.45) is 0.0420. The number of halogens is 1. The second-order valence-electron chi connectivity index (χ2n) is 11.0. The predicted molar refractivity (Wildman–Crippen MR) is 179 cm³/mol. The van der Waals surface area contributed by atoms with Crippen LogP contribution in [0.3, 0.4) is 0 Å². The van der Waals surface area contributed by atoms with Crippen molar-refractivity contribution >= 4 is 61.6 Å². The molecule has 10 heteroatoms. The van der Waals surface area contributed by atoms with Crippen molar-refractivity contribution in [2.45, 2.75) is 38.9 Å². The summed E-state index contributed by atoms with van der Waals surface area (Å²) in [6, 6.07) is 22.4. The average Bonchev–Trinajstić information content (AvgIpc) is 3.15. The molecule has 0 saturated heterocycles. The third-order valence-corrected chi connectivity index (χ3v) is 8.63. The predicted octanol–water partition coefficient (Wildman–Crippen LogP) is 5.03. The quantitative estimate of drug-likeness (QED) is 0.242. The summed E-state index contributed by atoms with van der Waals surface area (Å²) in [5, 5.41) is 7.68. The van der Waals surface area contributed by atoms with Crippen LogP contribution in [0.5, 0.6) is 5.75 Å². The highest BCUT2D eigenvalue weighted by molar-refractivity contribution is 9.10. The van der Waals surface area contributed by atoms with Gasteiger partial charge in [-0.05, 0) is 67.6 Å². The lowest BCUT2D eigenvalue weighted by Crippen LogP contribution is -2.55. The first-order valence-electron chi connectivity index (χ1n) is 14.6. The molecule has 1 heterocycles. The molecule has 1 aliphatic rings. The summed E-state index contributed by atoms with van der Waals surface area (Å²) in [5.74, 6) is -0.400. The number of carbonyl (C=O) groups excluding carboxylic acids is 4. The number of benzene rings is 4. The Hall–Kier alpha value is -4.54. The molecule has 45 heavy (non-hydrogen) atoms. The number of carbonyl (C=O) groups is 4. The maximum atomic E-state index is 14.4. The minimum absolute atomic E-state index is 0.0420. The van der Waals surface area contributed by atoms with E-state index in [1.165, 1.54) is 6.92 Å². The van der Waals surface area contributed by atoms with E-state index >= 15 is 0 Å². The zero-order valence-electron chi connectivity index (χ0n) is 25.6. The Morgan fingerprint density at radius 2 is 1.71 bits per heavy atom. The van der Waals surface area contributed by atoms with Gasteiger partial charge in [-0.15, -0.1) is 0 Å². The second-order valence-corrected chi connectivity index (χ2v) is 11.9. The SMILES string of the molecule is CNC(C)C(=O)NC1CN(C(=O)Cc2ccc(C(C)=O)cc2)c2ccccc2N(Cc2c(OC)ccc3cc(Br)ccc23)C1=O. The number of para-hydroxylation sites is 2. The topological polar surface area (TPSA) is 108 Å². The number of hydrogen-bond donors (Lipinski definition) is 2. The Kier molecular flexibility index (Phi) is 9.65. The first-order chi connectivity index (χ1) is 21.6. The van der Waals surface area contributed by atoms with Crippen molar-refractivity contribution in [3.05, 3.63) is 100 Å². The number of rotatable bonds is 9. The molecule has 1 aliphatic heterocycles. The summed E-state index contributed by atoms with van der Waals surface area (Å²) < 4.78 is 6.68. The van der Waals surface area contributed by atoms with Gasteiger partial charge in [-0.1, -0.05) is 64.5 Å². The van der Waals surface area contributed by atoms with E-state index in [-0.39, 0.29) is 43.0 Å². The van der Waals surface area contributed by atoms with E-state index in [2.05, 4.69) is 26.6 Å². The number of ether oxygens (including phenoxy) is 1. The maximum Gasteiger partial charge on any atom is 0.251 e. The van der Waals surface area contributed by atoms with Gasteiger partial charge in [0, 0.05) is 15.6 Å². The summed E-state index contributed by atoms with van der Waals surface area (Å²) >= 11 is 3.54. The van der Waals surface area contributed by atoms with Crippen LogP contribution in [0.25, 0.3) is 10.8 Å². The summed E-state index contributed by atoms with van der Waals surface area (Å²) in [6.45, 7) is 3.28. The zero-order chi connectivity index (χ0) is 32.2. The van der Waals surface area contributed by atoms with E-state index in [1.807, 2.05) is 54.6 Å². The van der Waals surface area contributed by atoms with E-state index in [4.69, 9.17) is 4.74 Å². The number of fused-ring (bicyclic) bond motifs is 2. The van der Waals surface area contributed by atoms with E-state index in [0.717, 1.165) is 26.4 Å². The normalized spacial score (nSPS) is 15.3. The Morgan fingerprint density at radius 3 is 2.38 bits per heavy atom. The summed E-state index contributed by atoms with van der Waals surface area (Å²) in [5.41, 5.74) is 3.18. The van der Waals surface area contributed by atoms with E-state index < -0.39 is 12.1 Å². The van der Waals surface area contributed by atoms with Gasteiger partial charge in [0.05, 0.1) is 44.0 Å². The van der Waals surface area contributed by atoms with E-state index in [9.17, 15) is 19.2 Å². The third-order valence-electron chi connectivity index (χ3n) is 8.14. The van der Waals surface area contributed by atoms with Gasteiger partial charge < -0.3 is 25.2 Å². The van der Waals surface area contributed by atoms with Crippen LogP contribution in [0.4, 0.5) is 11.4 Å². The van der Waals surface area contributed by atoms with Crippen LogP contribution in [0.15, 0.2) is 83.3 Å². The highest BCUT2D eigenvalue weighted by atomic mass is 79.9. The lowest BCUT2D eigenvalue weighted by molar-refractivity contribution is -0.128. The third kappa shape index (κ3) is 6.77. The number of hydrogen-bond acceptors (Lipinski definition) is 6. The molecule has 0 fully saturated rings. The molecule has 0 radical (unpaired) electrons. The van der Waals surface area contributed by atoms with Gasteiger partial charge in [0.1, 0.15) is 11.8 Å². The van der Waals surface area contributed by atoms with Gasteiger partial charge in [0.2, 0.25) is 11.8 Å². The number of likely N-dealkylation sites (N-methyl/N-ethyl adjacent to an activating group) is 1. The Balaban J connectivity index is 1.59. The van der Waals surface area contributed by atoms with Crippen LogP contribution in [0.1, 0.15) is 35.3 Å². The number of ketones is 1. The van der Waals surface area contributed by atoms with Gasteiger partial charge in [0.15, 0.2) is 5.78 Å². The van der Waals surface area contributed by atoms with Crippen molar-refractivity contribution in [2.24, 2.45) is 0 Å². The molecule has 0 aromatic heterocycles. The number of nitrogens with zero attached hydrogens (tertiary/aromatic N) is 2. The lowest BCUT2D eigenvalue weighted by Gasteiger charge is -2.27. The van der Waals surface area contributed by atoms with Gasteiger partial charge in [-0.2, -0.15) is 0 Å². The van der Waals surface area contributed by atoms with Gasteiger partial charge in [0.25, 0.3) is 5.91 Å². The smallest absolute Gasteiger partial charge is 0.251 e. The van der Waals surface area contributed by atoms with Crippen molar-refractivity contribution in [1.82, 2.24) is 10.6 Å². The standard InChI is InChI=1S/C35H35BrN4O5/c1-21(37-3)34(43)38-29-20-39(33(42)17-23-9-11-24(12-10-23)22(2)41)30-7-5-6-8-31(30)40(35(29)44)19-28-27-15-14-26(36)18-25(27)13-16-32(28)45-4/h5-16,18,21,29,37H,17,19-20H2,1-4H3,(H,38,43). The number of anilines is 2. The van der Waals surface area contributed by atoms with Crippen molar-refractivity contribution in [2.75, 3.05) is 30.5 Å². The molecular formula is C35H35BrN4O5. The first-order valence-corrected chi connectivity index (χ1v) is 15.4. The Morgan fingerprint density at radius 1 is 1.00 bits per heavy atom. The van der Waals surface area contributed by atoms with E-state index in [0.29, 0.717) is 22.7 Å². The van der Waals surface area contributed by atoms with Crippen LogP contribution in [-0.4, -0.2) is 56.3 Å². The molecule has 0 saturated carbocycles. The molecule has 9 nitrogen and oxygen atoms in total. The number of amides is 3. The van der Waals surface area contributed by atoms with Gasteiger partial charge in [-0.25, -0.2) is 0 Å². The van der Waals surface area contributed by atoms with Crippen molar-refractivity contribution in [3.63, 3.8) is 0 Å². The van der Waals surface area contributed by atoms with Crippen LogP contribution >= 0.6 is 15.9 Å². The maximum absolute atomic E-state index is 14.4. The number of nitrogens with one attached hydrogen (secondary N) is 2. The fourth-order valence-electron chi connectivity index (χ4n) is 5.51. The highest BCUT2D eigenvalue weighted by Crippen LogP contribution is 2.37.